The molecule has 21 heavy (non-hydrogen) atoms. The van der Waals surface area contributed by atoms with Crippen LogP contribution in [0.2, 0.25) is 0 Å². The van der Waals surface area contributed by atoms with Crippen LogP contribution < -0.4 is 4.72 Å². The summed E-state index contributed by atoms with van der Waals surface area (Å²) in [5, 5.41) is 12.6. The number of rotatable bonds is 6. The summed E-state index contributed by atoms with van der Waals surface area (Å²) in [6.45, 7) is 3.92. The molecule has 0 radical (unpaired) electrons. The zero-order chi connectivity index (χ0) is 15.6. The van der Waals surface area contributed by atoms with Crippen LogP contribution in [-0.4, -0.2) is 29.2 Å². The fourth-order valence-corrected chi connectivity index (χ4v) is 2.87. The molecule has 8 nitrogen and oxygen atoms in total. The highest BCUT2D eigenvalue weighted by atomic mass is 32.2. The van der Waals surface area contributed by atoms with Gasteiger partial charge in [-0.15, -0.1) is 0 Å². The Kier molecular flexibility index (Phi) is 4.03. The standard InChI is InChI=1S/C12H15N3O5S/c1-3-4-15-7-9(6-10(15)12(16)17)21(18,19)14-11-5-8(2)20-13-11/h5-7H,3-4H2,1-2H3,(H,13,14)(H,16,17). The maximum absolute atomic E-state index is 12.2. The first-order chi connectivity index (χ1) is 9.83. The van der Waals surface area contributed by atoms with Crippen molar-refractivity contribution in [2.24, 2.45) is 0 Å². The number of sulfonamides is 1. The highest BCUT2D eigenvalue weighted by Crippen LogP contribution is 2.19. The lowest BCUT2D eigenvalue weighted by molar-refractivity contribution is 0.0685. The predicted molar refractivity (Wildman–Crippen MR) is 73.7 cm³/mol. The molecule has 0 aliphatic rings. The predicted octanol–water partition coefficient (Wildman–Crippen LogP) is 1.69. The van der Waals surface area contributed by atoms with E-state index in [0.717, 1.165) is 6.07 Å². The third kappa shape index (κ3) is 3.24. The topological polar surface area (TPSA) is 114 Å². The summed E-state index contributed by atoms with van der Waals surface area (Å²) in [5.41, 5.74) is -0.0754. The SMILES string of the molecule is CCCn1cc(S(=O)(=O)Nc2cc(C)on2)cc1C(=O)O. The molecule has 0 amide bonds. The number of hydrogen-bond donors (Lipinski definition) is 2. The monoisotopic (exact) mass is 313 g/mol. The van der Waals surface area contributed by atoms with Crippen LogP contribution in [0.1, 0.15) is 29.6 Å². The number of anilines is 1. The molecule has 0 aromatic carbocycles. The van der Waals surface area contributed by atoms with Crippen molar-refractivity contribution in [3.63, 3.8) is 0 Å². The second-order valence-electron chi connectivity index (χ2n) is 4.49. The first kappa shape index (κ1) is 15.1. The Morgan fingerprint density at radius 2 is 2.19 bits per heavy atom. The van der Waals surface area contributed by atoms with E-state index in [1.165, 1.54) is 16.8 Å². The van der Waals surface area contributed by atoms with Crippen LogP contribution in [0.5, 0.6) is 0 Å². The largest absolute Gasteiger partial charge is 0.477 e. The van der Waals surface area contributed by atoms with Crippen LogP contribution in [0.3, 0.4) is 0 Å². The van der Waals surface area contributed by atoms with Gasteiger partial charge in [-0.25, -0.2) is 13.2 Å². The van der Waals surface area contributed by atoms with Gasteiger partial charge in [-0.05, 0) is 19.4 Å². The van der Waals surface area contributed by atoms with Crippen LogP contribution in [-0.2, 0) is 16.6 Å². The molecule has 114 valence electrons. The first-order valence-electron chi connectivity index (χ1n) is 6.23. The van der Waals surface area contributed by atoms with Crippen molar-refractivity contribution in [2.75, 3.05) is 4.72 Å². The lowest BCUT2D eigenvalue weighted by atomic mass is 10.4. The summed E-state index contributed by atoms with van der Waals surface area (Å²) in [6.07, 6.45) is 1.98. The zero-order valence-electron chi connectivity index (χ0n) is 11.5. The van der Waals surface area contributed by atoms with Crippen molar-refractivity contribution in [1.82, 2.24) is 9.72 Å². The Morgan fingerprint density at radius 1 is 1.48 bits per heavy atom. The van der Waals surface area contributed by atoms with Gasteiger partial charge < -0.3 is 14.2 Å². The molecule has 0 aliphatic heterocycles. The van der Waals surface area contributed by atoms with Gasteiger partial charge in [0.1, 0.15) is 16.3 Å². The van der Waals surface area contributed by atoms with E-state index in [1.807, 2.05) is 6.92 Å². The molecule has 0 unspecified atom stereocenters. The third-order valence-corrected chi connectivity index (χ3v) is 4.05. The second kappa shape index (κ2) is 5.60. The summed E-state index contributed by atoms with van der Waals surface area (Å²) in [6, 6.07) is 2.55. The van der Waals surface area contributed by atoms with Gasteiger partial charge in [-0.2, -0.15) is 0 Å². The highest BCUT2D eigenvalue weighted by molar-refractivity contribution is 7.92. The smallest absolute Gasteiger partial charge is 0.352 e. The molecule has 2 aromatic heterocycles. The molecule has 0 bridgehead atoms. The van der Waals surface area contributed by atoms with Gasteiger partial charge in [0.05, 0.1) is 0 Å². The van der Waals surface area contributed by atoms with E-state index in [-0.39, 0.29) is 16.4 Å². The molecular formula is C12H15N3O5S. The molecule has 0 atom stereocenters. The fourth-order valence-electron chi connectivity index (χ4n) is 1.85. The Bertz CT molecular complexity index is 760. The average Bonchev–Trinajstić information content (AvgIpc) is 2.96. The minimum Gasteiger partial charge on any atom is -0.477 e. The first-order valence-corrected chi connectivity index (χ1v) is 7.71. The maximum atomic E-state index is 12.2. The third-order valence-electron chi connectivity index (χ3n) is 2.73. The molecule has 0 fully saturated rings. The second-order valence-corrected chi connectivity index (χ2v) is 6.17. The fraction of sp³-hybridized carbons (Fsp3) is 0.333. The number of nitrogens with zero attached hydrogens (tertiary/aromatic N) is 2. The maximum Gasteiger partial charge on any atom is 0.352 e. The molecule has 9 heteroatoms. The average molecular weight is 313 g/mol. The van der Waals surface area contributed by atoms with Crippen LogP contribution >= 0.6 is 0 Å². The Morgan fingerprint density at radius 3 is 2.71 bits per heavy atom. The Balaban J connectivity index is 2.35. The molecule has 0 saturated carbocycles. The van der Waals surface area contributed by atoms with Crippen molar-refractivity contribution in [1.29, 1.82) is 0 Å². The number of aromatic nitrogens is 2. The number of nitrogens with one attached hydrogen (secondary N) is 1. The summed E-state index contributed by atoms with van der Waals surface area (Å²) in [5.74, 6) is -0.669. The Hall–Kier alpha value is -2.29. The molecule has 2 rings (SSSR count). The minimum atomic E-state index is -3.91. The summed E-state index contributed by atoms with van der Waals surface area (Å²) < 4.78 is 32.8. The molecule has 2 heterocycles. The van der Waals surface area contributed by atoms with Gasteiger partial charge in [-0.3, -0.25) is 4.72 Å². The number of aromatic carboxylic acids is 1. The van der Waals surface area contributed by atoms with Crippen LogP contribution in [0.15, 0.2) is 27.7 Å². The molecule has 2 N–H and O–H groups in total. The van der Waals surface area contributed by atoms with Crippen LogP contribution in [0.25, 0.3) is 0 Å². The van der Waals surface area contributed by atoms with Crippen molar-refractivity contribution in [2.45, 2.75) is 31.7 Å². The lowest BCUT2D eigenvalue weighted by Crippen LogP contribution is -2.12. The van der Waals surface area contributed by atoms with Gasteiger partial charge in [0.2, 0.25) is 0 Å². The minimum absolute atomic E-state index is 0.0487. The van der Waals surface area contributed by atoms with Gasteiger partial charge in [0.25, 0.3) is 10.0 Å². The summed E-state index contributed by atoms with van der Waals surface area (Å²) in [7, 11) is -3.91. The molecule has 2 aromatic rings. The molecular weight excluding hydrogens is 298 g/mol. The van der Waals surface area contributed by atoms with E-state index in [2.05, 4.69) is 9.88 Å². The van der Waals surface area contributed by atoms with E-state index in [0.29, 0.717) is 18.7 Å². The zero-order valence-corrected chi connectivity index (χ0v) is 12.3. The van der Waals surface area contributed by atoms with E-state index < -0.39 is 16.0 Å². The Labute approximate surface area is 121 Å². The van der Waals surface area contributed by atoms with Gasteiger partial charge >= 0.3 is 5.97 Å². The van der Waals surface area contributed by atoms with Gasteiger partial charge in [0, 0.05) is 18.8 Å². The number of aryl methyl sites for hydroxylation is 2. The number of carboxylic acid groups (broad SMARTS) is 1. The van der Waals surface area contributed by atoms with Gasteiger partial charge in [-0.1, -0.05) is 12.1 Å². The van der Waals surface area contributed by atoms with Crippen molar-refractivity contribution < 1.29 is 22.8 Å². The number of hydrogen-bond acceptors (Lipinski definition) is 5. The van der Waals surface area contributed by atoms with Crippen LogP contribution in [0, 0.1) is 6.92 Å². The van der Waals surface area contributed by atoms with E-state index >= 15 is 0 Å². The summed E-state index contributed by atoms with van der Waals surface area (Å²) in [4.78, 5) is 11.0. The van der Waals surface area contributed by atoms with Crippen molar-refractivity contribution in [3.8, 4) is 0 Å². The highest BCUT2D eigenvalue weighted by Gasteiger charge is 2.22. The summed E-state index contributed by atoms with van der Waals surface area (Å²) >= 11 is 0. The number of carbonyl (C=O) groups is 1. The molecule has 0 saturated heterocycles. The molecule has 0 aliphatic carbocycles. The quantitative estimate of drug-likeness (QED) is 0.838. The lowest BCUT2D eigenvalue weighted by Gasteiger charge is -2.03. The van der Waals surface area contributed by atoms with E-state index in [9.17, 15) is 13.2 Å². The van der Waals surface area contributed by atoms with Crippen molar-refractivity contribution >= 4 is 21.8 Å². The molecule has 0 spiro atoms. The van der Waals surface area contributed by atoms with E-state index in [1.54, 1.807) is 6.92 Å². The normalized spacial score (nSPS) is 11.5. The van der Waals surface area contributed by atoms with Crippen molar-refractivity contribution in [3.05, 3.63) is 29.8 Å². The van der Waals surface area contributed by atoms with Crippen LogP contribution in [0.4, 0.5) is 5.82 Å². The van der Waals surface area contributed by atoms with E-state index in [4.69, 9.17) is 9.63 Å². The number of carboxylic acids is 1. The van der Waals surface area contributed by atoms with Gasteiger partial charge in [0.15, 0.2) is 5.82 Å².